The second kappa shape index (κ2) is 5.44. The van der Waals surface area contributed by atoms with Gasteiger partial charge in [0, 0.05) is 6.07 Å². The van der Waals surface area contributed by atoms with Gasteiger partial charge in [-0.15, -0.1) is 11.6 Å². The number of hydrogen-bond donors (Lipinski definition) is 0. The Labute approximate surface area is 108 Å². The van der Waals surface area contributed by atoms with Gasteiger partial charge in [0.15, 0.2) is 0 Å². The summed E-state index contributed by atoms with van der Waals surface area (Å²) in [5.41, 5.74) is 1.03. The van der Waals surface area contributed by atoms with Gasteiger partial charge in [0.25, 0.3) is 0 Å². The zero-order chi connectivity index (χ0) is 13.1. The Morgan fingerprint density at radius 1 is 0.889 bits per heavy atom. The number of alkyl halides is 1. The molecule has 2 rings (SSSR count). The molecule has 2 aromatic carbocycles. The minimum Gasteiger partial charge on any atom is -0.207 e. The van der Waals surface area contributed by atoms with Crippen molar-refractivity contribution in [3.8, 4) is 0 Å². The molecule has 18 heavy (non-hydrogen) atoms. The lowest BCUT2D eigenvalue weighted by molar-refractivity contribution is 0.578. The van der Waals surface area contributed by atoms with E-state index in [4.69, 9.17) is 11.6 Å². The highest BCUT2D eigenvalue weighted by Gasteiger charge is 2.12. The minimum atomic E-state index is -0.671. The standard InChI is InChI=1S/C14H10ClF3/c15-14(5-9-2-1-3-11(16)4-9)10-6-12(17)8-13(18)7-10/h1-4,6-8,14H,5H2. The Bertz CT molecular complexity index is 534. The molecule has 0 aromatic heterocycles. The van der Waals surface area contributed by atoms with Crippen LogP contribution < -0.4 is 0 Å². The van der Waals surface area contributed by atoms with Crippen LogP contribution in [0, 0.1) is 17.5 Å². The van der Waals surface area contributed by atoms with Gasteiger partial charge < -0.3 is 0 Å². The smallest absolute Gasteiger partial charge is 0.126 e. The van der Waals surface area contributed by atoms with Gasteiger partial charge in [0.2, 0.25) is 0 Å². The summed E-state index contributed by atoms with van der Waals surface area (Å²) < 4.78 is 39.1. The summed E-state index contributed by atoms with van der Waals surface area (Å²) in [5, 5.41) is -0.600. The van der Waals surface area contributed by atoms with Crippen molar-refractivity contribution in [2.75, 3.05) is 0 Å². The van der Waals surface area contributed by atoms with Gasteiger partial charge in [0.05, 0.1) is 5.38 Å². The molecule has 0 radical (unpaired) electrons. The highest BCUT2D eigenvalue weighted by molar-refractivity contribution is 6.20. The predicted octanol–water partition coefficient (Wildman–Crippen LogP) is 4.63. The van der Waals surface area contributed by atoms with Gasteiger partial charge in [0.1, 0.15) is 17.5 Å². The van der Waals surface area contributed by atoms with E-state index in [1.165, 1.54) is 24.3 Å². The number of benzene rings is 2. The summed E-state index contributed by atoms with van der Waals surface area (Å²) in [6, 6.07) is 9.11. The van der Waals surface area contributed by atoms with Crippen LogP contribution in [0.15, 0.2) is 42.5 Å². The first kappa shape index (κ1) is 13.0. The molecule has 0 aliphatic heterocycles. The van der Waals surface area contributed by atoms with Crippen molar-refractivity contribution >= 4 is 11.6 Å². The average molecular weight is 271 g/mol. The fourth-order valence-corrected chi connectivity index (χ4v) is 2.05. The lowest BCUT2D eigenvalue weighted by Gasteiger charge is -2.10. The van der Waals surface area contributed by atoms with E-state index in [1.54, 1.807) is 12.1 Å². The van der Waals surface area contributed by atoms with Gasteiger partial charge >= 0.3 is 0 Å². The fourth-order valence-electron chi connectivity index (χ4n) is 1.74. The van der Waals surface area contributed by atoms with Crippen LogP contribution in [0.2, 0.25) is 0 Å². The van der Waals surface area contributed by atoms with Gasteiger partial charge in [-0.25, -0.2) is 13.2 Å². The zero-order valence-corrected chi connectivity index (χ0v) is 10.1. The molecule has 2 aromatic rings. The van der Waals surface area contributed by atoms with E-state index in [-0.39, 0.29) is 5.82 Å². The summed E-state index contributed by atoms with van der Waals surface area (Å²) in [5.74, 6) is -1.70. The van der Waals surface area contributed by atoms with Crippen molar-refractivity contribution in [2.24, 2.45) is 0 Å². The topological polar surface area (TPSA) is 0 Å². The zero-order valence-electron chi connectivity index (χ0n) is 9.34. The van der Waals surface area contributed by atoms with Crippen LogP contribution in [-0.4, -0.2) is 0 Å². The van der Waals surface area contributed by atoms with Gasteiger partial charge in [-0.05, 0) is 41.8 Å². The molecular formula is C14H10ClF3. The van der Waals surface area contributed by atoms with Crippen molar-refractivity contribution in [2.45, 2.75) is 11.8 Å². The fraction of sp³-hybridized carbons (Fsp3) is 0.143. The molecule has 0 amide bonds. The molecule has 0 bridgehead atoms. The molecule has 0 saturated heterocycles. The van der Waals surface area contributed by atoms with Crippen LogP contribution >= 0.6 is 11.6 Å². The normalized spacial score (nSPS) is 12.4. The average Bonchev–Trinajstić information content (AvgIpc) is 2.27. The van der Waals surface area contributed by atoms with E-state index >= 15 is 0 Å². The molecule has 0 saturated carbocycles. The molecule has 1 unspecified atom stereocenters. The third-order valence-electron chi connectivity index (χ3n) is 2.55. The molecule has 4 heteroatoms. The maximum absolute atomic E-state index is 13.0. The summed E-state index contributed by atoms with van der Waals surface area (Å²) in [7, 11) is 0. The van der Waals surface area contributed by atoms with Gasteiger partial charge in [-0.1, -0.05) is 12.1 Å². The predicted molar refractivity (Wildman–Crippen MR) is 65.1 cm³/mol. The Morgan fingerprint density at radius 2 is 1.56 bits per heavy atom. The molecular weight excluding hydrogens is 261 g/mol. The first-order valence-electron chi connectivity index (χ1n) is 5.39. The van der Waals surface area contributed by atoms with E-state index in [2.05, 4.69) is 0 Å². The number of hydrogen-bond acceptors (Lipinski definition) is 0. The number of halogens is 4. The second-order valence-electron chi connectivity index (χ2n) is 4.00. The third-order valence-corrected chi connectivity index (χ3v) is 2.96. The molecule has 0 heterocycles. The Kier molecular flexibility index (Phi) is 3.92. The summed E-state index contributed by atoms with van der Waals surface area (Å²) in [6.07, 6.45) is 0.308. The van der Waals surface area contributed by atoms with Gasteiger partial charge in [-0.2, -0.15) is 0 Å². The van der Waals surface area contributed by atoms with Crippen molar-refractivity contribution in [1.82, 2.24) is 0 Å². The van der Waals surface area contributed by atoms with E-state index in [0.717, 1.165) is 6.07 Å². The largest absolute Gasteiger partial charge is 0.207 e. The van der Waals surface area contributed by atoms with Crippen LogP contribution in [0.3, 0.4) is 0 Å². The van der Waals surface area contributed by atoms with E-state index in [9.17, 15) is 13.2 Å². The third kappa shape index (κ3) is 3.26. The lowest BCUT2D eigenvalue weighted by atomic mass is 10.0. The minimum absolute atomic E-state index is 0.308. The Hall–Kier alpha value is -1.48. The maximum Gasteiger partial charge on any atom is 0.126 e. The maximum atomic E-state index is 13.0. The highest BCUT2D eigenvalue weighted by Crippen LogP contribution is 2.26. The van der Waals surface area contributed by atoms with Crippen molar-refractivity contribution < 1.29 is 13.2 Å². The first-order valence-corrected chi connectivity index (χ1v) is 5.83. The quantitative estimate of drug-likeness (QED) is 0.714. The number of rotatable bonds is 3. The summed E-state index contributed by atoms with van der Waals surface area (Å²) in [6.45, 7) is 0. The first-order chi connectivity index (χ1) is 8.54. The molecule has 1 atom stereocenters. The van der Waals surface area contributed by atoms with E-state index < -0.39 is 17.0 Å². The molecule has 0 nitrogen and oxygen atoms in total. The summed E-state index contributed by atoms with van der Waals surface area (Å²) in [4.78, 5) is 0. The van der Waals surface area contributed by atoms with Crippen LogP contribution in [0.1, 0.15) is 16.5 Å². The second-order valence-corrected chi connectivity index (χ2v) is 4.53. The lowest BCUT2D eigenvalue weighted by Crippen LogP contribution is -1.98. The molecule has 0 fully saturated rings. The van der Waals surface area contributed by atoms with E-state index in [0.29, 0.717) is 17.5 Å². The molecule has 0 aliphatic rings. The molecule has 0 N–H and O–H groups in total. The van der Waals surface area contributed by atoms with Crippen molar-refractivity contribution in [3.05, 3.63) is 71.0 Å². The highest BCUT2D eigenvalue weighted by atomic mass is 35.5. The summed E-state index contributed by atoms with van der Waals surface area (Å²) >= 11 is 6.08. The molecule has 0 spiro atoms. The van der Waals surface area contributed by atoms with Crippen molar-refractivity contribution in [3.63, 3.8) is 0 Å². The van der Waals surface area contributed by atoms with Crippen LogP contribution in [0.4, 0.5) is 13.2 Å². The SMILES string of the molecule is Fc1cccc(CC(Cl)c2cc(F)cc(F)c2)c1. The van der Waals surface area contributed by atoms with E-state index in [1.807, 2.05) is 0 Å². The monoisotopic (exact) mass is 270 g/mol. The van der Waals surface area contributed by atoms with Crippen LogP contribution in [-0.2, 0) is 6.42 Å². The Balaban J connectivity index is 2.19. The van der Waals surface area contributed by atoms with Gasteiger partial charge in [-0.3, -0.25) is 0 Å². The molecule has 0 aliphatic carbocycles. The van der Waals surface area contributed by atoms with Crippen molar-refractivity contribution in [1.29, 1.82) is 0 Å². The Morgan fingerprint density at radius 3 is 2.17 bits per heavy atom. The van der Waals surface area contributed by atoms with Crippen LogP contribution in [0.25, 0.3) is 0 Å². The van der Waals surface area contributed by atoms with Crippen LogP contribution in [0.5, 0.6) is 0 Å². The molecule has 94 valence electrons.